The third-order valence-corrected chi connectivity index (χ3v) is 4.10. The predicted octanol–water partition coefficient (Wildman–Crippen LogP) is 3.40. The summed E-state index contributed by atoms with van der Waals surface area (Å²) in [7, 11) is 0. The van der Waals surface area contributed by atoms with Crippen LogP contribution in [0.1, 0.15) is 58.3 Å². The molecule has 0 atom stereocenters. The lowest BCUT2D eigenvalue weighted by atomic mass is 10.1. The van der Waals surface area contributed by atoms with Crippen LogP contribution in [0.15, 0.2) is 0 Å². The molecule has 3 nitrogen and oxygen atoms in total. The second kappa shape index (κ2) is 11.7. The summed E-state index contributed by atoms with van der Waals surface area (Å²) < 4.78 is 10.5. The van der Waals surface area contributed by atoms with Crippen molar-refractivity contribution in [3.63, 3.8) is 0 Å². The number of aliphatic hydroxyl groups excluding tert-OH is 1. The van der Waals surface area contributed by atoms with E-state index in [0.29, 0.717) is 13.2 Å². The van der Waals surface area contributed by atoms with Gasteiger partial charge in [0.1, 0.15) is 0 Å². The molecule has 2 aliphatic carbocycles. The van der Waals surface area contributed by atoms with Crippen LogP contribution in [0.4, 0.5) is 0 Å². The van der Waals surface area contributed by atoms with Gasteiger partial charge in [-0.1, -0.05) is 25.7 Å². The standard InChI is InChI=1S/C12H22O.C4H10O2/c1-2-6-11(5-1)9-13-10-12-7-3-4-8-12;1-2-6-4-3-5/h11-12H,1-10H2;5H,2-4H2,1H3. The first kappa shape index (κ1) is 16.9. The molecule has 0 heterocycles. The first-order chi connectivity index (χ1) is 9.36. The van der Waals surface area contributed by atoms with Gasteiger partial charge in [0, 0.05) is 19.8 Å². The maximum atomic E-state index is 8.07. The average molecular weight is 272 g/mol. The zero-order chi connectivity index (χ0) is 13.8. The molecule has 1 N–H and O–H groups in total. The highest BCUT2D eigenvalue weighted by atomic mass is 16.5. The summed E-state index contributed by atoms with van der Waals surface area (Å²) in [6.45, 7) is 5.30. The summed E-state index contributed by atoms with van der Waals surface area (Å²) in [5.41, 5.74) is 0. The van der Waals surface area contributed by atoms with Crippen LogP contribution in [0.5, 0.6) is 0 Å². The number of hydrogen-bond acceptors (Lipinski definition) is 3. The molecule has 2 rings (SSSR count). The quantitative estimate of drug-likeness (QED) is 0.722. The molecule has 0 aromatic rings. The van der Waals surface area contributed by atoms with Crippen molar-refractivity contribution in [2.45, 2.75) is 58.3 Å². The van der Waals surface area contributed by atoms with Gasteiger partial charge in [-0.25, -0.2) is 0 Å². The lowest BCUT2D eigenvalue weighted by molar-refractivity contribution is 0.0743. The van der Waals surface area contributed by atoms with E-state index >= 15 is 0 Å². The largest absolute Gasteiger partial charge is 0.394 e. The van der Waals surface area contributed by atoms with Crippen molar-refractivity contribution in [2.75, 3.05) is 33.0 Å². The van der Waals surface area contributed by atoms with Crippen LogP contribution >= 0.6 is 0 Å². The van der Waals surface area contributed by atoms with Crippen LogP contribution in [-0.4, -0.2) is 38.1 Å². The van der Waals surface area contributed by atoms with Gasteiger partial charge >= 0.3 is 0 Å². The van der Waals surface area contributed by atoms with Gasteiger partial charge in [0.15, 0.2) is 0 Å². The van der Waals surface area contributed by atoms with E-state index in [1.807, 2.05) is 6.92 Å². The fraction of sp³-hybridized carbons (Fsp3) is 1.00. The SMILES string of the molecule is C1CCC(COCC2CCCC2)C1.CCOCCO. The Balaban J connectivity index is 0.000000258. The molecule has 2 saturated carbocycles. The molecule has 2 aliphatic rings. The van der Waals surface area contributed by atoms with Crippen LogP contribution in [0, 0.1) is 11.8 Å². The summed E-state index contributed by atoms with van der Waals surface area (Å²) in [5, 5.41) is 8.07. The maximum absolute atomic E-state index is 8.07. The Morgan fingerprint density at radius 2 is 1.32 bits per heavy atom. The second-order valence-corrected chi connectivity index (χ2v) is 5.76. The first-order valence-electron chi connectivity index (χ1n) is 8.13. The van der Waals surface area contributed by atoms with Crippen LogP contribution in [0.25, 0.3) is 0 Å². The summed E-state index contributed by atoms with van der Waals surface area (Å²) in [6.07, 6.45) is 11.5. The summed E-state index contributed by atoms with van der Waals surface area (Å²) in [5.74, 6) is 1.81. The molecule has 0 amide bonds. The minimum Gasteiger partial charge on any atom is -0.394 e. The third kappa shape index (κ3) is 8.61. The van der Waals surface area contributed by atoms with Crippen molar-refractivity contribution < 1.29 is 14.6 Å². The lowest BCUT2D eigenvalue weighted by Crippen LogP contribution is -2.11. The molecular weight excluding hydrogens is 240 g/mol. The molecule has 2 fully saturated rings. The van der Waals surface area contributed by atoms with Gasteiger partial charge in [-0.2, -0.15) is 0 Å². The molecule has 0 radical (unpaired) electrons. The van der Waals surface area contributed by atoms with Gasteiger partial charge in [0.05, 0.1) is 13.2 Å². The van der Waals surface area contributed by atoms with Crippen molar-refractivity contribution in [1.29, 1.82) is 0 Å². The number of ether oxygens (including phenoxy) is 2. The Morgan fingerprint density at radius 3 is 1.63 bits per heavy atom. The monoisotopic (exact) mass is 272 g/mol. The van der Waals surface area contributed by atoms with E-state index in [1.54, 1.807) is 0 Å². The molecule has 0 spiro atoms. The Bertz CT molecular complexity index is 164. The van der Waals surface area contributed by atoms with E-state index < -0.39 is 0 Å². The first-order valence-corrected chi connectivity index (χ1v) is 8.13. The molecule has 114 valence electrons. The predicted molar refractivity (Wildman–Crippen MR) is 78.3 cm³/mol. The van der Waals surface area contributed by atoms with E-state index in [4.69, 9.17) is 14.6 Å². The number of rotatable bonds is 7. The minimum absolute atomic E-state index is 0.133. The van der Waals surface area contributed by atoms with Crippen molar-refractivity contribution in [1.82, 2.24) is 0 Å². The smallest absolute Gasteiger partial charge is 0.0697 e. The van der Waals surface area contributed by atoms with Crippen molar-refractivity contribution in [3.8, 4) is 0 Å². The zero-order valence-electron chi connectivity index (χ0n) is 12.6. The number of aliphatic hydroxyl groups is 1. The van der Waals surface area contributed by atoms with Gasteiger partial charge in [0.25, 0.3) is 0 Å². The van der Waals surface area contributed by atoms with Gasteiger partial charge < -0.3 is 14.6 Å². The van der Waals surface area contributed by atoms with Crippen molar-refractivity contribution in [3.05, 3.63) is 0 Å². The van der Waals surface area contributed by atoms with Crippen LogP contribution in [-0.2, 0) is 9.47 Å². The molecule has 0 aliphatic heterocycles. The number of hydrogen-bond donors (Lipinski definition) is 1. The Labute approximate surface area is 118 Å². The Kier molecular flexibility index (Phi) is 10.4. The van der Waals surface area contributed by atoms with Crippen LogP contribution in [0.2, 0.25) is 0 Å². The highest BCUT2D eigenvalue weighted by molar-refractivity contribution is 4.69. The zero-order valence-corrected chi connectivity index (χ0v) is 12.6. The second-order valence-electron chi connectivity index (χ2n) is 5.76. The molecule has 3 heteroatoms. The van der Waals surface area contributed by atoms with E-state index in [2.05, 4.69) is 0 Å². The molecule has 0 aromatic heterocycles. The molecule has 0 bridgehead atoms. The van der Waals surface area contributed by atoms with Crippen LogP contribution in [0.3, 0.4) is 0 Å². The molecule has 19 heavy (non-hydrogen) atoms. The maximum Gasteiger partial charge on any atom is 0.0697 e. The normalized spacial score (nSPS) is 20.5. The van der Waals surface area contributed by atoms with Gasteiger partial charge in [-0.05, 0) is 44.4 Å². The average Bonchev–Trinajstić information content (AvgIpc) is 3.10. The van der Waals surface area contributed by atoms with E-state index in [1.165, 1.54) is 51.4 Å². The fourth-order valence-corrected chi connectivity index (χ4v) is 2.96. The summed E-state index contributed by atoms with van der Waals surface area (Å²) >= 11 is 0. The minimum atomic E-state index is 0.133. The van der Waals surface area contributed by atoms with Gasteiger partial charge in [-0.3, -0.25) is 0 Å². The molecule has 0 saturated heterocycles. The Hall–Kier alpha value is -0.120. The molecule has 0 aromatic carbocycles. The highest BCUT2D eigenvalue weighted by Gasteiger charge is 2.18. The summed E-state index contributed by atoms with van der Waals surface area (Å²) in [6, 6.07) is 0. The van der Waals surface area contributed by atoms with E-state index in [0.717, 1.165) is 25.0 Å². The Morgan fingerprint density at radius 1 is 0.842 bits per heavy atom. The van der Waals surface area contributed by atoms with E-state index in [9.17, 15) is 0 Å². The lowest BCUT2D eigenvalue weighted by Gasteiger charge is -2.13. The molecular formula is C16H32O3. The van der Waals surface area contributed by atoms with Crippen LogP contribution < -0.4 is 0 Å². The van der Waals surface area contributed by atoms with Gasteiger partial charge in [0.2, 0.25) is 0 Å². The third-order valence-electron chi connectivity index (χ3n) is 4.10. The topological polar surface area (TPSA) is 38.7 Å². The van der Waals surface area contributed by atoms with E-state index in [-0.39, 0.29) is 6.61 Å². The van der Waals surface area contributed by atoms with Crippen molar-refractivity contribution in [2.24, 2.45) is 11.8 Å². The summed E-state index contributed by atoms with van der Waals surface area (Å²) in [4.78, 5) is 0. The molecule has 0 unspecified atom stereocenters. The highest BCUT2D eigenvalue weighted by Crippen LogP contribution is 2.27. The van der Waals surface area contributed by atoms with Crippen molar-refractivity contribution >= 4 is 0 Å². The van der Waals surface area contributed by atoms with Gasteiger partial charge in [-0.15, -0.1) is 0 Å². The fourth-order valence-electron chi connectivity index (χ4n) is 2.96.